The van der Waals surface area contributed by atoms with E-state index in [9.17, 15) is 4.79 Å². The van der Waals surface area contributed by atoms with Crippen LogP contribution < -0.4 is 5.56 Å². The highest BCUT2D eigenvalue weighted by Gasteiger charge is 2.10. The number of H-pyrrole nitrogens is 1. The molecule has 1 N–H and O–H groups in total. The van der Waals surface area contributed by atoms with Crippen LogP contribution in [-0.2, 0) is 7.05 Å². The average molecular weight is 321 g/mol. The molecule has 0 saturated heterocycles. The van der Waals surface area contributed by atoms with E-state index in [0.29, 0.717) is 21.9 Å². The number of hydrogen-bond donors (Lipinski definition) is 1. The van der Waals surface area contributed by atoms with E-state index < -0.39 is 0 Å². The van der Waals surface area contributed by atoms with Crippen LogP contribution in [0.15, 0.2) is 44.5 Å². The molecule has 19 heavy (non-hydrogen) atoms. The summed E-state index contributed by atoms with van der Waals surface area (Å²) in [6.45, 7) is 0. The molecule has 3 aromatic heterocycles. The van der Waals surface area contributed by atoms with Gasteiger partial charge in [0.05, 0.1) is 11.9 Å². The van der Waals surface area contributed by atoms with E-state index in [1.54, 1.807) is 36.3 Å². The second-order valence-electron chi connectivity index (χ2n) is 3.99. The number of nitrogens with zero attached hydrogens (tertiary/aromatic N) is 3. The quantitative estimate of drug-likeness (QED) is 0.785. The molecule has 3 aromatic rings. The average Bonchev–Trinajstić information content (AvgIpc) is 2.97. The maximum atomic E-state index is 11.7. The van der Waals surface area contributed by atoms with Crippen LogP contribution in [0.25, 0.3) is 22.8 Å². The van der Waals surface area contributed by atoms with E-state index in [1.165, 1.54) is 6.07 Å². The van der Waals surface area contributed by atoms with E-state index in [-0.39, 0.29) is 5.56 Å². The van der Waals surface area contributed by atoms with Crippen molar-refractivity contribution in [2.24, 2.45) is 7.05 Å². The van der Waals surface area contributed by atoms with Crippen LogP contribution in [0.5, 0.6) is 0 Å². The molecular weight excluding hydrogens is 312 g/mol. The second-order valence-corrected chi connectivity index (χ2v) is 4.77. The third kappa shape index (κ3) is 2.37. The first-order valence-corrected chi connectivity index (χ1v) is 6.27. The number of rotatable bonds is 2. The lowest BCUT2D eigenvalue weighted by atomic mass is 10.2. The summed E-state index contributed by atoms with van der Waals surface area (Å²) >= 11 is 3.21. The maximum Gasteiger partial charge on any atom is 0.251 e. The van der Waals surface area contributed by atoms with Crippen molar-refractivity contribution in [3.8, 4) is 22.8 Å². The molecule has 0 unspecified atom stereocenters. The molecule has 0 aromatic carbocycles. The SMILES string of the molecule is Cn1cc(-c2cc(=O)[nH]c(-c3ccc(Br)o3)n2)cn1. The lowest BCUT2D eigenvalue weighted by Gasteiger charge is -1.99. The van der Waals surface area contributed by atoms with Gasteiger partial charge in [0.25, 0.3) is 5.56 Å². The smallest absolute Gasteiger partial charge is 0.251 e. The fraction of sp³-hybridized carbons (Fsp3) is 0.0833. The third-order valence-electron chi connectivity index (χ3n) is 2.55. The summed E-state index contributed by atoms with van der Waals surface area (Å²) in [6.07, 6.45) is 3.45. The Labute approximate surface area is 116 Å². The first kappa shape index (κ1) is 11.9. The monoisotopic (exact) mass is 320 g/mol. The Morgan fingerprint density at radius 3 is 2.89 bits per heavy atom. The van der Waals surface area contributed by atoms with Crippen LogP contribution in [0.3, 0.4) is 0 Å². The summed E-state index contributed by atoms with van der Waals surface area (Å²) in [6, 6.07) is 4.90. The van der Waals surface area contributed by atoms with Gasteiger partial charge in [0.1, 0.15) is 0 Å². The maximum absolute atomic E-state index is 11.7. The number of nitrogens with one attached hydrogen (secondary N) is 1. The van der Waals surface area contributed by atoms with E-state index in [2.05, 4.69) is 31.0 Å². The highest BCUT2D eigenvalue weighted by atomic mass is 79.9. The van der Waals surface area contributed by atoms with Gasteiger partial charge in [0.2, 0.25) is 0 Å². The van der Waals surface area contributed by atoms with Gasteiger partial charge in [-0.25, -0.2) is 4.98 Å². The number of furan rings is 1. The molecule has 7 heteroatoms. The Bertz CT molecular complexity index is 725. The van der Waals surface area contributed by atoms with Crippen LogP contribution in [0.4, 0.5) is 0 Å². The van der Waals surface area contributed by atoms with E-state index >= 15 is 0 Å². The van der Waals surface area contributed by atoms with Gasteiger partial charge in [0.15, 0.2) is 16.3 Å². The van der Waals surface area contributed by atoms with Crippen molar-refractivity contribution in [1.29, 1.82) is 0 Å². The zero-order valence-electron chi connectivity index (χ0n) is 9.92. The van der Waals surface area contributed by atoms with Gasteiger partial charge in [-0.2, -0.15) is 5.10 Å². The molecule has 0 aliphatic rings. The molecule has 0 aliphatic heterocycles. The lowest BCUT2D eigenvalue weighted by Crippen LogP contribution is -2.08. The Kier molecular flexibility index (Phi) is 2.83. The van der Waals surface area contributed by atoms with Crippen molar-refractivity contribution < 1.29 is 4.42 Å². The summed E-state index contributed by atoms with van der Waals surface area (Å²) in [5.74, 6) is 0.881. The summed E-state index contributed by atoms with van der Waals surface area (Å²) in [4.78, 5) is 18.7. The van der Waals surface area contributed by atoms with Crippen molar-refractivity contribution in [1.82, 2.24) is 19.7 Å². The zero-order chi connectivity index (χ0) is 13.4. The first-order valence-electron chi connectivity index (χ1n) is 5.48. The predicted octanol–water partition coefficient (Wildman–Crippen LogP) is 2.19. The van der Waals surface area contributed by atoms with Crippen LogP contribution in [-0.4, -0.2) is 19.7 Å². The molecule has 0 amide bonds. The Morgan fingerprint density at radius 1 is 1.42 bits per heavy atom. The van der Waals surface area contributed by atoms with Crippen molar-refractivity contribution >= 4 is 15.9 Å². The van der Waals surface area contributed by atoms with Crippen molar-refractivity contribution in [3.63, 3.8) is 0 Å². The molecule has 0 radical (unpaired) electrons. The standard InChI is InChI=1S/C12H9BrN4O2/c1-17-6-7(5-14-17)8-4-11(18)16-12(15-8)9-2-3-10(13)19-9/h2-6H,1H3,(H,15,16,18). The van der Waals surface area contributed by atoms with Gasteiger partial charge >= 0.3 is 0 Å². The van der Waals surface area contributed by atoms with Gasteiger partial charge in [-0.05, 0) is 28.1 Å². The summed E-state index contributed by atoms with van der Waals surface area (Å²) < 4.78 is 7.62. The van der Waals surface area contributed by atoms with Gasteiger partial charge in [-0.3, -0.25) is 9.48 Å². The third-order valence-corrected chi connectivity index (χ3v) is 2.98. The van der Waals surface area contributed by atoms with Crippen LogP contribution >= 0.6 is 15.9 Å². The van der Waals surface area contributed by atoms with E-state index in [4.69, 9.17) is 4.42 Å². The Balaban J connectivity index is 2.13. The van der Waals surface area contributed by atoms with Crippen LogP contribution in [0.1, 0.15) is 0 Å². The number of aromatic amines is 1. The van der Waals surface area contributed by atoms with Gasteiger partial charge in [-0.15, -0.1) is 0 Å². The molecule has 0 spiro atoms. The molecule has 6 nitrogen and oxygen atoms in total. The minimum absolute atomic E-state index is 0.239. The number of aromatic nitrogens is 4. The molecule has 0 saturated carbocycles. The molecule has 3 rings (SSSR count). The van der Waals surface area contributed by atoms with Crippen molar-refractivity contribution in [2.45, 2.75) is 0 Å². The fourth-order valence-corrected chi connectivity index (χ4v) is 2.02. The molecular formula is C12H9BrN4O2. The Hall–Kier alpha value is -2.15. The number of hydrogen-bond acceptors (Lipinski definition) is 4. The highest BCUT2D eigenvalue weighted by Crippen LogP contribution is 2.23. The minimum atomic E-state index is -0.239. The van der Waals surface area contributed by atoms with Gasteiger partial charge in [0, 0.05) is 24.9 Å². The highest BCUT2D eigenvalue weighted by molar-refractivity contribution is 9.10. The second kappa shape index (κ2) is 4.51. The van der Waals surface area contributed by atoms with E-state index in [1.807, 2.05) is 0 Å². The number of halogens is 1. The molecule has 0 atom stereocenters. The summed E-state index contributed by atoms with van der Waals surface area (Å²) in [5.41, 5.74) is 1.09. The minimum Gasteiger partial charge on any atom is -0.446 e. The van der Waals surface area contributed by atoms with E-state index in [0.717, 1.165) is 5.56 Å². The lowest BCUT2D eigenvalue weighted by molar-refractivity contribution is 0.551. The number of aryl methyl sites for hydroxylation is 1. The zero-order valence-corrected chi connectivity index (χ0v) is 11.5. The largest absolute Gasteiger partial charge is 0.446 e. The summed E-state index contributed by atoms with van der Waals surface area (Å²) in [5, 5.41) is 4.06. The van der Waals surface area contributed by atoms with Gasteiger partial charge < -0.3 is 9.40 Å². The normalized spacial score (nSPS) is 10.8. The van der Waals surface area contributed by atoms with Crippen molar-refractivity contribution in [2.75, 3.05) is 0 Å². The van der Waals surface area contributed by atoms with Crippen LogP contribution in [0.2, 0.25) is 0 Å². The molecule has 0 aliphatic carbocycles. The molecule has 96 valence electrons. The first-order chi connectivity index (χ1) is 9.11. The topological polar surface area (TPSA) is 76.7 Å². The summed E-state index contributed by atoms with van der Waals surface area (Å²) in [7, 11) is 1.81. The fourth-order valence-electron chi connectivity index (χ4n) is 1.72. The molecule has 0 fully saturated rings. The molecule has 3 heterocycles. The Morgan fingerprint density at radius 2 is 2.26 bits per heavy atom. The van der Waals surface area contributed by atoms with Crippen molar-refractivity contribution in [3.05, 3.63) is 45.6 Å². The predicted molar refractivity (Wildman–Crippen MR) is 72.5 cm³/mol. The van der Waals surface area contributed by atoms with Gasteiger partial charge in [-0.1, -0.05) is 0 Å². The molecule has 0 bridgehead atoms. The van der Waals surface area contributed by atoms with Crippen LogP contribution in [0, 0.1) is 0 Å².